The highest BCUT2D eigenvalue weighted by molar-refractivity contribution is 5.86. The number of benzene rings is 2. The fourth-order valence-corrected chi connectivity index (χ4v) is 3.17. The number of ether oxygens (including phenoxy) is 4. The first-order valence-electron chi connectivity index (χ1n) is 7.54. The first-order valence-corrected chi connectivity index (χ1v) is 7.54. The Morgan fingerprint density at radius 3 is 2.29 bits per heavy atom. The summed E-state index contributed by atoms with van der Waals surface area (Å²) in [5, 5.41) is 0.603. The molecule has 0 radical (unpaired) electrons. The van der Waals surface area contributed by atoms with Gasteiger partial charge in [0.25, 0.3) is 0 Å². The molecule has 24 heavy (non-hydrogen) atoms. The number of rotatable bonds is 1. The quantitative estimate of drug-likeness (QED) is 0.689. The SMILES string of the molecule is Cn1c(-c2ccc3c(c2)OCO3)cc(=O)c2cc3c(cc21)OCO3. The Hall–Kier alpha value is -3.15. The maximum atomic E-state index is 12.6. The van der Waals surface area contributed by atoms with Crippen LogP contribution in [0, 0.1) is 0 Å². The van der Waals surface area contributed by atoms with Crippen molar-refractivity contribution in [2.75, 3.05) is 13.6 Å². The van der Waals surface area contributed by atoms with E-state index in [-0.39, 0.29) is 19.0 Å². The summed E-state index contributed by atoms with van der Waals surface area (Å²) in [5.74, 6) is 2.66. The van der Waals surface area contributed by atoms with Gasteiger partial charge in [-0.1, -0.05) is 0 Å². The molecule has 2 aromatic carbocycles. The van der Waals surface area contributed by atoms with Crippen molar-refractivity contribution in [1.82, 2.24) is 4.57 Å². The molecule has 1 aromatic heterocycles. The molecule has 0 N–H and O–H groups in total. The first kappa shape index (κ1) is 13.3. The van der Waals surface area contributed by atoms with Gasteiger partial charge in [0.05, 0.1) is 11.2 Å². The maximum Gasteiger partial charge on any atom is 0.231 e. The molecule has 6 nitrogen and oxygen atoms in total. The number of aromatic nitrogens is 1. The third-order valence-corrected chi connectivity index (χ3v) is 4.42. The summed E-state index contributed by atoms with van der Waals surface area (Å²) in [4.78, 5) is 12.6. The maximum absolute atomic E-state index is 12.6. The van der Waals surface area contributed by atoms with Gasteiger partial charge in [-0.2, -0.15) is 0 Å². The topological polar surface area (TPSA) is 58.9 Å². The molecule has 0 unspecified atom stereocenters. The predicted octanol–water partition coefficient (Wildman–Crippen LogP) is 2.66. The van der Waals surface area contributed by atoms with Crippen LogP contribution in [0.5, 0.6) is 23.0 Å². The van der Waals surface area contributed by atoms with Crippen molar-refractivity contribution in [3.63, 3.8) is 0 Å². The average molecular weight is 323 g/mol. The third-order valence-electron chi connectivity index (χ3n) is 4.42. The fraction of sp³-hybridized carbons (Fsp3) is 0.167. The van der Waals surface area contributed by atoms with E-state index in [0.29, 0.717) is 28.4 Å². The van der Waals surface area contributed by atoms with Gasteiger partial charge >= 0.3 is 0 Å². The van der Waals surface area contributed by atoms with Crippen LogP contribution >= 0.6 is 0 Å². The van der Waals surface area contributed by atoms with Gasteiger partial charge in [0, 0.05) is 30.1 Å². The molecule has 0 bridgehead atoms. The van der Waals surface area contributed by atoms with Crippen LogP contribution in [0.15, 0.2) is 41.2 Å². The van der Waals surface area contributed by atoms with Gasteiger partial charge < -0.3 is 23.5 Å². The van der Waals surface area contributed by atoms with Crippen molar-refractivity contribution < 1.29 is 18.9 Å². The molecule has 0 spiro atoms. The van der Waals surface area contributed by atoms with Gasteiger partial charge in [-0.25, -0.2) is 0 Å². The van der Waals surface area contributed by atoms with E-state index in [9.17, 15) is 4.79 Å². The molecule has 0 aliphatic carbocycles. The lowest BCUT2D eigenvalue weighted by Gasteiger charge is -2.13. The van der Waals surface area contributed by atoms with Crippen molar-refractivity contribution in [3.05, 3.63) is 46.6 Å². The number of pyridine rings is 1. The van der Waals surface area contributed by atoms with E-state index < -0.39 is 0 Å². The smallest absolute Gasteiger partial charge is 0.231 e. The van der Waals surface area contributed by atoms with Gasteiger partial charge in [0.15, 0.2) is 28.4 Å². The molecule has 0 saturated carbocycles. The lowest BCUT2D eigenvalue weighted by Crippen LogP contribution is -2.09. The minimum Gasteiger partial charge on any atom is -0.454 e. The van der Waals surface area contributed by atoms with Crippen molar-refractivity contribution in [2.24, 2.45) is 7.05 Å². The van der Waals surface area contributed by atoms with E-state index in [4.69, 9.17) is 18.9 Å². The number of fused-ring (bicyclic) bond motifs is 3. The second-order valence-electron chi connectivity index (χ2n) is 5.74. The van der Waals surface area contributed by atoms with E-state index in [1.807, 2.05) is 35.9 Å². The monoisotopic (exact) mass is 323 g/mol. The third kappa shape index (κ3) is 1.79. The van der Waals surface area contributed by atoms with Crippen LogP contribution in [0.25, 0.3) is 22.2 Å². The number of hydrogen-bond acceptors (Lipinski definition) is 5. The van der Waals surface area contributed by atoms with Crippen LogP contribution in [-0.2, 0) is 7.05 Å². The summed E-state index contributed by atoms with van der Waals surface area (Å²) in [7, 11) is 1.92. The van der Waals surface area contributed by atoms with Gasteiger partial charge in [-0.3, -0.25) is 4.79 Å². The summed E-state index contributed by atoms with van der Waals surface area (Å²) >= 11 is 0. The zero-order valence-corrected chi connectivity index (χ0v) is 12.9. The molecule has 5 rings (SSSR count). The Morgan fingerprint density at radius 2 is 1.50 bits per heavy atom. The normalized spacial score (nSPS) is 14.4. The van der Waals surface area contributed by atoms with Gasteiger partial charge in [-0.05, 0) is 24.3 Å². The Kier molecular flexibility index (Phi) is 2.59. The van der Waals surface area contributed by atoms with Gasteiger partial charge in [0.1, 0.15) is 0 Å². The van der Waals surface area contributed by atoms with E-state index >= 15 is 0 Å². The minimum atomic E-state index is -0.0610. The zero-order valence-electron chi connectivity index (χ0n) is 12.9. The summed E-state index contributed by atoms with van der Waals surface area (Å²) in [6, 6.07) is 10.9. The highest BCUT2D eigenvalue weighted by Crippen LogP contribution is 2.38. The van der Waals surface area contributed by atoms with E-state index in [1.165, 1.54) is 0 Å². The molecule has 2 aliphatic rings. The summed E-state index contributed by atoms with van der Waals surface area (Å²) in [6.07, 6.45) is 0. The number of hydrogen-bond donors (Lipinski definition) is 0. The summed E-state index contributed by atoms with van der Waals surface area (Å²) < 4.78 is 23.5. The second kappa shape index (κ2) is 4.67. The lowest BCUT2D eigenvalue weighted by atomic mass is 10.1. The Bertz CT molecular complexity index is 1050. The van der Waals surface area contributed by atoms with Crippen molar-refractivity contribution in [1.29, 1.82) is 0 Å². The van der Waals surface area contributed by atoms with Crippen molar-refractivity contribution in [3.8, 4) is 34.3 Å². The Morgan fingerprint density at radius 1 is 0.833 bits per heavy atom. The van der Waals surface area contributed by atoms with Crippen LogP contribution in [0.2, 0.25) is 0 Å². The molecule has 3 aromatic rings. The Balaban J connectivity index is 1.76. The van der Waals surface area contributed by atoms with Crippen LogP contribution in [0.3, 0.4) is 0 Å². The van der Waals surface area contributed by atoms with Gasteiger partial charge in [0.2, 0.25) is 13.6 Å². The first-order chi connectivity index (χ1) is 11.7. The van der Waals surface area contributed by atoms with Crippen LogP contribution in [0.4, 0.5) is 0 Å². The summed E-state index contributed by atoms with van der Waals surface area (Å²) in [5.41, 5.74) is 2.41. The molecule has 0 amide bonds. The van der Waals surface area contributed by atoms with Crippen LogP contribution in [-0.4, -0.2) is 18.2 Å². The molecular weight excluding hydrogens is 310 g/mol. The molecule has 3 heterocycles. The highest BCUT2D eigenvalue weighted by Gasteiger charge is 2.19. The molecule has 0 fully saturated rings. The van der Waals surface area contributed by atoms with Crippen LogP contribution < -0.4 is 24.4 Å². The molecule has 0 atom stereocenters. The number of aryl methyl sites for hydroxylation is 1. The molecular formula is C18H13NO5. The van der Waals surface area contributed by atoms with E-state index in [2.05, 4.69) is 0 Å². The fourth-order valence-electron chi connectivity index (χ4n) is 3.17. The van der Waals surface area contributed by atoms with Crippen molar-refractivity contribution in [2.45, 2.75) is 0 Å². The lowest BCUT2D eigenvalue weighted by molar-refractivity contribution is 0.173. The molecule has 0 saturated heterocycles. The zero-order chi connectivity index (χ0) is 16.3. The highest BCUT2D eigenvalue weighted by atomic mass is 16.7. The largest absolute Gasteiger partial charge is 0.454 e. The summed E-state index contributed by atoms with van der Waals surface area (Å²) in [6.45, 7) is 0.400. The molecule has 120 valence electrons. The number of nitrogens with zero attached hydrogens (tertiary/aromatic N) is 1. The van der Waals surface area contributed by atoms with Crippen molar-refractivity contribution >= 4 is 10.9 Å². The molecule has 6 heteroatoms. The van der Waals surface area contributed by atoms with Gasteiger partial charge in [-0.15, -0.1) is 0 Å². The second-order valence-corrected chi connectivity index (χ2v) is 5.74. The predicted molar refractivity (Wildman–Crippen MR) is 86.9 cm³/mol. The average Bonchev–Trinajstić information content (AvgIpc) is 3.24. The van der Waals surface area contributed by atoms with E-state index in [1.54, 1.807) is 12.1 Å². The van der Waals surface area contributed by atoms with Crippen LogP contribution in [0.1, 0.15) is 0 Å². The van der Waals surface area contributed by atoms with E-state index in [0.717, 1.165) is 16.8 Å². The Labute approximate surface area is 136 Å². The minimum absolute atomic E-state index is 0.0610. The standard InChI is InChI=1S/C18H13NO5/c1-19-12(10-2-3-15-16(4-10)22-8-21-15)6-14(20)11-5-17-18(7-13(11)19)24-9-23-17/h2-7H,8-9H2,1H3. The molecule has 2 aliphatic heterocycles.